The van der Waals surface area contributed by atoms with Crippen LogP contribution in [0.15, 0.2) is 0 Å². The second kappa shape index (κ2) is 3.95. The van der Waals surface area contributed by atoms with Gasteiger partial charge >= 0.3 is 0 Å². The molecule has 2 aliphatic heterocycles. The standard InChI is InChI=1S/C12H22O4/c1-8-4-10(13)6-12(15-8)7-11(3,14)5-9(2)16-12/h8-10,13-14H,4-7H2,1-3H3/t8-,9-,10-,11-,12+/m1/s1. The predicted molar refractivity (Wildman–Crippen MR) is 58.9 cm³/mol. The van der Waals surface area contributed by atoms with Crippen molar-refractivity contribution >= 4 is 0 Å². The summed E-state index contributed by atoms with van der Waals surface area (Å²) in [4.78, 5) is 0. The van der Waals surface area contributed by atoms with Crippen LogP contribution in [0.1, 0.15) is 46.5 Å². The van der Waals surface area contributed by atoms with Crippen molar-refractivity contribution in [2.24, 2.45) is 0 Å². The number of aliphatic hydroxyl groups excluding tert-OH is 1. The molecule has 0 bridgehead atoms. The van der Waals surface area contributed by atoms with Gasteiger partial charge in [0.25, 0.3) is 0 Å². The van der Waals surface area contributed by atoms with Gasteiger partial charge in [-0.2, -0.15) is 0 Å². The van der Waals surface area contributed by atoms with E-state index in [9.17, 15) is 10.2 Å². The van der Waals surface area contributed by atoms with E-state index in [0.717, 1.165) is 0 Å². The molecule has 2 N–H and O–H groups in total. The van der Waals surface area contributed by atoms with Crippen LogP contribution in [0.3, 0.4) is 0 Å². The monoisotopic (exact) mass is 230 g/mol. The number of hydrogen-bond acceptors (Lipinski definition) is 4. The summed E-state index contributed by atoms with van der Waals surface area (Å²) in [6.07, 6.45) is 1.68. The zero-order valence-corrected chi connectivity index (χ0v) is 10.3. The molecular weight excluding hydrogens is 208 g/mol. The van der Waals surface area contributed by atoms with Crippen LogP contribution < -0.4 is 0 Å². The molecule has 4 heteroatoms. The van der Waals surface area contributed by atoms with E-state index in [0.29, 0.717) is 25.7 Å². The second-order valence-corrected chi connectivity index (χ2v) is 5.74. The minimum atomic E-state index is -0.793. The Morgan fingerprint density at radius 1 is 1.12 bits per heavy atom. The molecule has 2 heterocycles. The summed E-state index contributed by atoms with van der Waals surface area (Å²) in [7, 11) is 0. The van der Waals surface area contributed by atoms with Gasteiger partial charge in [-0.15, -0.1) is 0 Å². The molecule has 0 aromatic carbocycles. The zero-order chi connectivity index (χ0) is 12.0. The van der Waals surface area contributed by atoms with Crippen LogP contribution in [0.2, 0.25) is 0 Å². The first kappa shape index (κ1) is 12.3. The maximum Gasteiger partial charge on any atom is 0.174 e. The summed E-state index contributed by atoms with van der Waals surface area (Å²) < 4.78 is 11.7. The lowest BCUT2D eigenvalue weighted by atomic mass is 9.83. The Hall–Kier alpha value is -0.160. The first-order chi connectivity index (χ1) is 7.30. The molecule has 94 valence electrons. The molecular formula is C12H22O4. The fraction of sp³-hybridized carbons (Fsp3) is 1.00. The molecule has 0 aromatic heterocycles. The van der Waals surface area contributed by atoms with Gasteiger partial charge in [0.05, 0.1) is 23.9 Å². The fourth-order valence-electron chi connectivity index (χ4n) is 3.20. The minimum Gasteiger partial charge on any atom is -0.393 e. The predicted octanol–water partition coefficient (Wildman–Crippen LogP) is 1.19. The van der Waals surface area contributed by atoms with Crippen molar-refractivity contribution in [3.63, 3.8) is 0 Å². The summed E-state index contributed by atoms with van der Waals surface area (Å²) in [5, 5.41) is 20.0. The highest BCUT2D eigenvalue weighted by Gasteiger charge is 2.50. The Bertz CT molecular complexity index is 248. The average Bonchev–Trinajstić information content (AvgIpc) is 1.93. The van der Waals surface area contributed by atoms with Gasteiger partial charge in [-0.1, -0.05) is 0 Å². The van der Waals surface area contributed by atoms with Crippen LogP contribution >= 0.6 is 0 Å². The van der Waals surface area contributed by atoms with Gasteiger partial charge < -0.3 is 19.7 Å². The third kappa shape index (κ3) is 2.56. The van der Waals surface area contributed by atoms with E-state index in [2.05, 4.69) is 0 Å². The highest BCUT2D eigenvalue weighted by Crippen LogP contribution is 2.42. The van der Waals surface area contributed by atoms with E-state index >= 15 is 0 Å². The van der Waals surface area contributed by atoms with Crippen molar-refractivity contribution in [2.45, 2.75) is 76.2 Å². The minimum absolute atomic E-state index is 0.0233. The molecule has 0 amide bonds. The fourth-order valence-corrected chi connectivity index (χ4v) is 3.20. The van der Waals surface area contributed by atoms with E-state index in [-0.39, 0.29) is 12.2 Å². The van der Waals surface area contributed by atoms with E-state index in [1.165, 1.54) is 0 Å². The number of rotatable bonds is 0. The Morgan fingerprint density at radius 3 is 2.31 bits per heavy atom. The lowest BCUT2D eigenvalue weighted by Gasteiger charge is -2.50. The summed E-state index contributed by atoms with van der Waals surface area (Å²) in [5.41, 5.74) is -0.769. The van der Waals surface area contributed by atoms with E-state index in [4.69, 9.17) is 9.47 Å². The SMILES string of the molecule is C[C@@H]1C[C@@H](O)C[C@]2(C[C@](C)(O)C[C@@H](C)O2)O1. The zero-order valence-electron chi connectivity index (χ0n) is 10.3. The molecule has 2 rings (SSSR count). The third-order valence-corrected chi connectivity index (χ3v) is 3.36. The van der Waals surface area contributed by atoms with E-state index < -0.39 is 17.5 Å². The van der Waals surface area contributed by atoms with E-state index in [1.54, 1.807) is 0 Å². The second-order valence-electron chi connectivity index (χ2n) is 5.74. The molecule has 1 spiro atoms. The molecule has 2 saturated heterocycles. The number of hydrogen-bond donors (Lipinski definition) is 2. The Labute approximate surface area is 96.6 Å². The average molecular weight is 230 g/mol. The van der Waals surface area contributed by atoms with Crippen molar-refractivity contribution in [2.75, 3.05) is 0 Å². The van der Waals surface area contributed by atoms with Crippen LogP contribution in [-0.2, 0) is 9.47 Å². The lowest BCUT2D eigenvalue weighted by molar-refractivity contribution is -0.344. The van der Waals surface area contributed by atoms with Gasteiger partial charge in [0.2, 0.25) is 0 Å². The van der Waals surface area contributed by atoms with E-state index in [1.807, 2.05) is 20.8 Å². The summed E-state index contributed by atoms with van der Waals surface area (Å²) >= 11 is 0. The van der Waals surface area contributed by atoms with Crippen molar-refractivity contribution < 1.29 is 19.7 Å². The van der Waals surface area contributed by atoms with Crippen LogP contribution in [0.5, 0.6) is 0 Å². The van der Waals surface area contributed by atoms with Crippen LogP contribution in [0, 0.1) is 0 Å². The first-order valence-corrected chi connectivity index (χ1v) is 6.06. The number of aliphatic hydroxyl groups is 2. The molecule has 0 aromatic rings. The summed E-state index contributed by atoms with van der Waals surface area (Å²) in [5.74, 6) is -0.793. The third-order valence-electron chi connectivity index (χ3n) is 3.36. The number of ether oxygens (including phenoxy) is 2. The van der Waals surface area contributed by atoms with Gasteiger partial charge in [0.1, 0.15) is 0 Å². The maximum atomic E-state index is 10.2. The van der Waals surface area contributed by atoms with Crippen LogP contribution in [-0.4, -0.2) is 39.9 Å². The molecule has 0 saturated carbocycles. The molecule has 0 aliphatic carbocycles. The molecule has 5 atom stereocenters. The quantitative estimate of drug-likeness (QED) is 0.656. The van der Waals surface area contributed by atoms with Gasteiger partial charge in [0.15, 0.2) is 5.79 Å². The lowest BCUT2D eigenvalue weighted by Crippen LogP contribution is -2.57. The molecule has 0 unspecified atom stereocenters. The van der Waals surface area contributed by atoms with Crippen molar-refractivity contribution in [1.82, 2.24) is 0 Å². The van der Waals surface area contributed by atoms with Crippen molar-refractivity contribution in [1.29, 1.82) is 0 Å². The highest BCUT2D eigenvalue weighted by atomic mass is 16.7. The molecule has 2 fully saturated rings. The molecule has 4 nitrogen and oxygen atoms in total. The summed E-state index contributed by atoms with van der Waals surface area (Å²) in [6, 6.07) is 0. The van der Waals surface area contributed by atoms with Gasteiger partial charge in [-0.25, -0.2) is 0 Å². The highest BCUT2D eigenvalue weighted by molar-refractivity contribution is 4.94. The largest absolute Gasteiger partial charge is 0.393 e. The first-order valence-electron chi connectivity index (χ1n) is 6.06. The van der Waals surface area contributed by atoms with Crippen LogP contribution in [0.25, 0.3) is 0 Å². The molecule has 16 heavy (non-hydrogen) atoms. The Kier molecular flexibility index (Phi) is 3.03. The van der Waals surface area contributed by atoms with Crippen molar-refractivity contribution in [3.05, 3.63) is 0 Å². The van der Waals surface area contributed by atoms with Gasteiger partial charge in [0, 0.05) is 19.3 Å². The normalized spacial score (nSPS) is 54.2. The molecule has 2 aliphatic rings. The van der Waals surface area contributed by atoms with Gasteiger partial charge in [-0.3, -0.25) is 0 Å². The topological polar surface area (TPSA) is 58.9 Å². The summed E-state index contributed by atoms with van der Waals surface area (Å²) in [6.45, 7) is 5.68. The molecule has 0 radical (unpaired) electrons. The van der Waals surface area contributed by atoms with Crippen molar-refractivity contribution in [3.8, 4) is 0 Å². The Balaban J connectivity index is 2.16. The Morgan fingerprint density at radius 2 is 1.75 bits per heavy atom. The maximum absolute atomic E-state index is 10.2. The smallest absolute Gasteiger partial charge is 0.174 e. The van der Waals surface area contributed by atoms with Crippen LogP contribution in [0.4, 0.5) is 0 Å². The van der Waals surface area contributed by atoms with Gasteiger partial charge in [-0.05, 0) is 27.2 Å².